The average Bonchev–Trinajstić information content (AvgIpc) is 2.98. The Morgan fingerprint density at radius 3 is 2.57 bits per heavy atom. The fourth-order valence-electron chi connectivity index (χ4n) is 2.43. The van der Waals surface area contributed by atoms with Crippen LogP contribution in [0.5, 0.6) is 5.75 Å². The fourth-order valence-corrected chi connectivity index (χ4v) is 2.43. The molecule has 6 heteroatoms. The van der Waals surface area contributed by atoms with Gasteiger partial charge in [0.2, 0.25) is 0 Å². The Bertz CT molecular complexity index is 574. The molecule has 0 bridgehead atoms. The molecule has 2 N–H and O–H groups in total. The minimum Gasteiger partial charge on any atom is -0.497 e. The van der Waals surface area contributed by atoms with Crippen LogP contribution in [-0.2, 0) is 6.54 Å². The first-order valence-electron chi connectivity index (χ1n) is 7.06. The molecule has 2 aromatic rings. The highest BCUT2D eigenvalue weighted by Gasteiger charge is 2.16. The van der Waals surface area contributed by atoms with Gasteiger partial charge in [-0.3, -0.25) is 10.7 Å². The molecule has 1 aliphatic rings. The van der Waals surface area contributed by atoms with Crippen LogP contribution < -0.4 is 10.6 Å². The molecule has 0 saturated carbocycles. The molecule has 1 aromatic heterocycles. The summed E-state index contributed by atoms with van der Waals surface area (Å²) in [4.78, 5) is 2.32. The third-order valence-corrected chi connectivity index (χ3v) is 3.73. The van der Waals surface area contributed by atoms with Crippen molar-refractivity contribution in [1.82, 2.24) is 15.1 Å². The lowest BCUT2D eigenvalue weighted by Gasteiger charge is -2.30. The maximum atomic E-state index is 5.75. The highest BCUT2D eigenvalue weighted by Crippen LogP contribution is 2.22. The molecule has 2 heterocycles. The molecule has 21 heavy (non-hydrogen) atoms. The van der Waals surface area contributed by atoms with Gasteiger partial charge in [0.25, 0.3) is 0 Å². The van der Waals surface area contributed by atoms with Crippen LogP contribution in [0.2, 0.25) is 0 Å². The van der Waals surface area contributed by atoms with Crippen molar-refractivity contribution in [1.29, 1.82) is 0 Å². The van der Waals surface area contributed by atoms with Gasteiger partial charge in [0.05, 0.1) is 13.7 Å². The van der Waals surface area contributed by atoms with E-state index >= 15 is 0 Å². The largest absolute Gasteiger partial charge is 0.497 e. The van der Waals surface area contributed by atoms with Gasteiger partial charge in [-0.15, -0.1) is 0 Å². The van der Waals surface area contributed by atoms with Crippen molar-refractivity contribution in [3.8, 4) is 17.0 Å². The fraction of sp³-hybridized carbons (Fsp3) is 0.400. The SMILES string of the molecule is COc1ccc(-c2cc(CN3CCN(N)CC3)on2)cc1. The summed E-state index contributed by atoms with van der Waals surface area (Å²) < 4.78 is 10.6. The predicted molar refractivity (Wildman–Crippen MR) is 79.5 cm³/mol. The Morgan fingerprint density at radius 1 is 1.19 bits per heavy atom. The van der Waals surface area contributed by atoms with Crippen molar-refractivity contribution in [2.75, 3.05) is 33.3 Å². The molecule has 0 spiro atoms. The van der Waals surface area contributed by atoms with Crippen LogP contribution in [-0.4, -0.2) is 48.4 Å². The summed E-state index contributed by atoms with van der Waals surface area (Å²) in [6.07, 6.45) is 0. The first kappa shape index (κ1) is 14.1. The van der Waals surface area contributed by atoms with E-state index in [0.29, 0.717) is 0 Å². The number of aromatic nitrogens is 1. The van der Waals surface area contributed by atoms with Gasteiger partial charge < -0.3 is 9.26 Å². The van der Waals surface area contributed by atoms with E-state index in [-0.39, 0.29) is 0 Å². The molecule has 1 aromatic carbocycles. The number of methoxy groups -OCH3 is 1. The Kier molecular flexibility index (Phi) is 4.19. The standard InChI is InChI=1S/C15H20N4O2/c1-20-13-4-2-12(3-5-13)15-10-14(21-17-15)11-18-6-8-19(16)9-7-18/h2-5,10H,6-9,11,16H2,1H3. The molecule has 0 unspecified atom stereocenters. The van der Waals surface area contributed by atoms with Gasteiger partial charge in [-0.2, -0.15) is 0 Å². The second kappa shape index (κ2) is 6.26. The van der Waals surface area contributed by atoms with Gasteiger partial charge in [0.15, 0.2) is 5.76 Å². The van der Waals surface area contributed by atoms with Crippen LogP contribution in [0.1, 0.15) is 5.76 Å². The van der Waals surface area contributed by atoms with Gasteiger partial charge in [0.1, 0.15) is 11.4 Å². The van der Waals surface area contributed by atoms with Crippen LogP contribution in [0.4, 0.5) is 0 Å². The van der Waals surface area contributed by atoms with Gasteiger partial charge >= 0.3 is 0 Å². The van der Waals surface area contributed by atoms with Crippen LogP contribution in [0.25, 0.3) is 11.3 Å². The Hall–Kier alpha value is -1.89. The van der Waals surface area contributed by atoms with Crippen LogP contribution >= 0.6 is 0 Å². The number of benzene rings is 1. The molecular formula is C15H20N4O2. The summed E-state index contributed by atoms with van der Waals surface area (Å²) in [5.41, 5.74) is 1.88. The van der Waals surface area contributed by atoms with E-state index in [2.05, 4.69) is 10.1 Å². The van der Waals surface area contributed by atoms with Gasteiger partial charge in [-0.05, 0) is 24.3 Å². The molecule has 0 radical (unpaired) electrons. The zero-order valence-electron chi connectivity index (χ0n) is 12.2. The number of hydrazine groups is 1. The molecule has 1 aliphatic heterocycles. The number of piperazine rings is 1. The van der Waals surface area contributed by atoms with Crippen molar-refractivity contribution in [3.63, 3.8) is 0 Å². The first-order chi connectivity index (χ1) is 10.2. The number of nitrogens with two attached hydrogens (primary N) is 1. The molecule has 112 valence electrons. The van der Waals surface area contributed by atoms with E-state index in [4.69, 9.17) is 15.1 Å². The lowest BCUT2D eigenvalue weighted by Crippen LogP contribution is -2.48. The Morgan fingerprint density at radius 2 is 1.90 bits per heavy atom. The molecule has 1 fully saturated rings. The van der Waals surface area contributed by atoms with Gasteiger partial charge in [0, 0.05) is 37.8 Å². The number of hydrogen-bond donors (Lipinski definition) is 1. The minimum absolute atomic E-state index is 0.775. The number of rotatable bonds is 4. The second-order valence-corrected chi connectivity index (χ2v) is 5.22. The summed E-state index contributed by atoms with van der Waals surface area (Å²) in [5.74, 6) is 7.47. The maximum Gasteiger partial charge on any atom is 0.151 e. The summed E-state index contributed by atoms with van der Waals surface area (Å²) in [5, 5.41) is 5.99. The molecule has 6 nitrogen and oxygen atoms in total. The zero-order valence-corrected chi connectivity index (χ0v) is 12.2. The predicted octanol–water partition coefficient (Wildman–Crippen LogP) is 1.34. The number of ether oxygens (including phenoxy) is 1. The number of hydrogen-bond acceptors (Lipinski definition) is 6. The molecule has 0 atom stereocenters. The molecule has 1 saturated heterocycles. The highest BCUT2D eigenvalue weighted by atomic mass is 16.5. The lowest BCUT2D eigenvalue weighted by molar-refractivity contribution is 0.119. The molecular weight excluding hydrogens is 268 g/mol. The average molecular weight is 288 g/mol. The molecule has 0 amide bonds. The van der Waals surface area contributed by atoms with E-state index in [0.717, 1.165) is 55.5 Å². The van der Waals surface area contributed by atoms with Crippen LogP contribution in [0, 0.1) is 0 Å². The maximum absolute atomic E-state index is 5.75. The van der Waals surface area contributed by atoms with Crippen molar-refractivity contribution in [2.45, 2.75) is 6.54 Å². The highest BCUT2D eigenvalue weighted by molar-refractivity contribution is 5.59. The van der Waals surface area contributed by atoms with E-state index in [1.807, 2.05) is 35.3 Å². The van der Waals surface area contributed by atoms with Gasteiger partial charge in [-0.1, -0.05) is 5.16 Å². The van der Waals surface area contributed by atoms with Gasteiger partial charge in [-0.25, -0.2) is 5.01 Å². The van der Waals surface area contributed by atoms with E-state index in [9.17, 15) is 0 Å². The first-order valence-corrected chi connectivity index (χ1v) is 7.06. The van der Waals surface area contributed by atoms with Crippen molar-refractivity contribution in [2.24, 2.45) is 5.84 Å². The van der Waals surface area contributed by atoms with Crippen LogP contribution in [0.3, 0.4) is 0 Å². The molecule has 3 rings (SSSR count). The third kappa shape index (κ3) is 3.41. The summed E-state index contributed by atoms with van der Waals surface area (Å²) in [7, 11) is 1.66. The van der Waals surface area contributed by atoms with Crippen molar-refractivity contribution >= 4 is 0 Å². The third-order valence-electron chi connectivity index (χ3n) is 3.73. The number of nitrogens with zero attached hydrogens (tertiary/aromatic N) is 3. The topological polar surface area (TPSA) is 67.8 Å². The van der Waals surface area contributed by atoms with Crippen molar-refractivity contribution < 1.29 is 9.26 Å². The van der Waals surface area contributed by atoms with E-state index in [1.54, 1.807) is 7.11 Å². The van der Waals surface area contributed by atoms with E-state index in [1.165, 1.54) is 0 Å². The quantitative estimate of drug-likeness (QED) is 0.856. The van der Waals surface area contributed by atoms with Crippen LogP contribution in [0.15, 0.2) is 34.9 Å². The summed E-state index contributed by atoms with van der Waals surface area (Å²) >= 11 is 0. The molecule has 0 aliphatic carbocycles. The zero-order chi connectivity index (χ0) is 14.7. The minimum atomic E-state index is 0.775. The Labute approximate surface area is 124 Å². The lowest BCUT2D eigenvalue weighted by atomic mass is 10.1. The Balaban J connectivity index is 1.65. The second-order valence-electron chi connectivity index (χ2n) is 5.22. The normalized spacial score (nSPS) is 17.0. The monoisotopic (exact) mass is 288 g/mol. The smallest absolute Gasteiger partial charge is 0.151 e. The summed E-state index contributed by atoms with van der Waals surface area (Å²) in [6, 6.07) is 9.80. The summed E-state index contributed by atoms with van der Waals surface area (Å²) in [6.45, 7) is 4.46. The van der Waals surface area contributed by atoms with E-state index < -0.39 is 0 Å². The van der Waals surface area contributed by atoms with Crippen molar-refractivity contribution in [3.05, 3.63) is 36.1 Å².